The molecule has 2 aromatic heterocycles. The molecule has 4 heteroatoms. The molecule has 0 radical (unpaired) electrons. The lowest BCUT2D eigenvalue weighted by atomic mass is 9.85. The molecule has 4 nitrogen and oxygen atoms in total. The third kappa shape index (κ3) is 9.50. The number of allylic oxidation sites excluding steroid dienone is 13. The zero-order valence-electron chi connectivity index (χ0n) is 46.2. The van der Waals surface area contributed by atoms with E-state index in [0.717, 1.165) is 90.5 Å². The first kappa shape index (κ1) is 52.3. The van der Waals surface area contributed by atoms with Crippen molar-refractivity contribution in [3.05, 3.63) is 342 Å². The van der Waals surface area contributed by atoms with Gasteiger partial charge in [0.2, 0.25) is 0 Å². The maximum absolute atomic E-state index is 4.46. The van der Waals surface area contributed by atoms with E-state index < -0.39 is 0 Å². The smallest absolute Gasteiger partial charge is 0.0630 e. The molecular formula is C78H64N4. The second-order valence-electron chi connectivity index (χ2n) is 20.8. The van der Waals surface area contributed by atoms with Crippen LogP contribution in [0, 0.1) is 5.92 Å². The maximum Gasteiger partial charge on any atom is 0.0630 e. The molecule has 0 saturated heterocycles. The average molecular weight is 1060 g/mol. The molecule has 3 unspecified atom stereocenters. The van der Waals surface area contributed by atoms with Crippen molar-refractivity contribution in [2.24, 2.45) is 5.92 Å². The standard InChI is InChI=1S/C78H64N4/c1-8-14-25-54(7)79-74-33-22-21-32-68(74)70-51-59(36-46-75(70)79)61-39-49-78-72(53-61)71-52-60(58-37-47-76-69(50-58)67(12-5)73(13-6)81(76)63-29-19-16-20-30-63)38-48-77(71)82(78)66-44-42-65(43-45-66)80(62(11-4)31-23-26-55(10-3)24-9-2)64-40-34-57(35-41-64)56-27-17-15-18-28-56/h8-30,32-53,62,69,76H,1-7,31H2/b25-14-,26-23+,55-24+. The number of para-hydroxylation sites is 2. The molecule has 2 aliphatic rings. The Morgan fingerprint density at radius 2 is 1.12 bits per heavy atom. The van der Waals surface area contributed by atoms with E-state index in [1.807, 2.05) is 42.5 Å². The van der Waals surface area contributed by atoms with E-state index in [2.05, 4.69) is 283 Å². The highest BCUT2D eigenvalue weighted by atomic mass is 15.2. The molecular weight excluding hydrogens is 993 g/mol. The van der Waals surface area contributed by atoms with Crippen molar-refractivity contribution in [1.29, 1.82) is 0 Å². The number of anilines is 3. The third-order valence-electron chi connectivity index (χ3n) is 16.2. The zero-order chi connectivity index (χ0) is 56.3. The zero-order valence-corrected chi connectivity index (χ0v) is 46.2. The maximum atomic E-state index is 4.46. The van der Waals surface area contributed by atoms with Crippen LogP contribution < -0.4 is 9.80 Å². The van der Waals surface area contributed by atoms with Gasteiger partial charge in [0.25, 0.3) is 0 Å². The quantitative estimate of drug-likeness (QED) is 0.0593. The first-order chi connectivity index (χ1) is 40.3. The summed E-state index contributed by atoms with van der Waals surface area (Å²) in [5.74, 6) is 0.0979. The van der Waals surface area contributed by atoms with Crippen LogP contribution in [-0.2, 0) is 0 Å². The summed E-state index contributed by atoms with van der Waals surface area (Å²) in [5.41, 5.74) is 19.9. The van der Waals surface area contributed by atoms with Crippen LogP contribution in [0.5, 0.6) is 0 Å². The van der Waals surface area contributed by atoms with Gasteiger partial charge in [-0.1, -0.05) is 209 Å². The fraction of sp³-hybridized carbons (Fsp3) is 0.0513. The van der Waals surface area contributed by atoms with Crippen molar-refractivity contribution in [1.82, 2.24) is 9.13 Å². The molecule has 3 atom stereocenters. The fourth-order valence-corrected chi connectivity index (χ4v) is 12.3. The second-order valence-corrected chi connectivity index (χ2v) is 20.8. The highest BCUT2D eigenvalue weighted by molar-refractivity contribution is 6.14. The van der Waals surface area contributed by atoms with Crippen molar-refractivity contribution in [3.63, 3.8) is 0 Å². The molecule has 0 amide bonds. The highest BCUT2D eigenvalue weighted by Gasteiger charge is 2.38. The van der Waals surface area contributed by atoms with Gasteiger partial charge in [0.1, 0.15) is 0 Å². The van der Waals surface area contributed by atoms with Crippen molar-refractivity contribution < 1.29 is 0 Å². The highest BCUT2D eigenvalue weighted by Crippen LogP contribution is 2.46. The Kier molecular flexibility index (Phi) is 14.5. The third-order valence-corrected chi connectivity index (χ3v) is 16.2. The normalized spacial score (nSPS) is 15.6. The summed E-state index contributed by atoms with van der Waals surface area (Å²) in [6, 6.07) is 68.3. The summed E-state index contributed by atoms with van der Waals surface area (Å²) in [5, 5.41) is 4.69. The molecule has 3 heterocycles. The minimum Gasteiger partial charge on any atom is -0.334 e. The lowest BCUT2D eigenvalue weighted by Gasteiger charge is -2.32. The molecule has 8 aromatic carbocycles. The Labute approximate surface area is 482 Å². The Bertz CT molecular complexity index is 4370. The summed E-state index contributed by atoms with van der Waals surface area (Å²) in [7, 11) is 0. The Balaban J connectivity index is 0.985. The monoisotopic (exact) mass is 1060 g/mol. The molecule has 10 aromatic rings. The Morgan fingerprint density at radius 1 is 0.537 bits per heavy atom. The molecule has 1 aliphatic carbocycles. The fourth-order valence-electron chi connectivity index (χ4n) is 12.3. The minimum absolute atomic E-state index is 0.0567. The van der Waals surface area contributed by atoms with Crippen LogP contribution in [0.3, 0.4) is 0 Å². The molecule has 1 aliphatic heterocycles. The molecule has 0 spiro atoms. The second kappa shape index (κ2) is 22.7. The van der Waals surface area contributed by atoms with Crippen LogP contribution in [-0.4, -0.2) is 21.2 Å². The molecule has 0 saturated carbocycles. The SMILES string of the molecule is C=C/C=C\C(=C)n1c2ccccc2c2cc(-c3ccc4c(c3)c3cc(C5=CC6C(C=C)=C(C=C)N(c7ccccc7)C6C=C5)ccc3n4-c3ccc(N(c4ccc(-c5ccccc5)cc4)C(C=C)C/C=C/C(C=C)=C/C=C)cc3)ccc21. The molecule has 396 valence electrons. The van der Waals surface area contributed by atoms with Gasteiger partial charge in [0, 0.05) is 61.6 Å². The van der Waals surface area contributed by atoms with Gasteiger partial charge in [-0.3, -0.25) is 0 Å². The predicted molar refractivity (Wildman–Crippen MR) is 355 cm³/mol. The average Bonchev–Trinajstić information content (AvgIpc) is 3.84. The topological polar surface area (TPSA) is 16.3 Å². The van der Waals surface area contributed by atoms with Gasteiger partial charge in [-0.2, -0.15) is 0 Å². The van der Waals surface area contributed by atoms with Crippen LogP contribution in [0.2, 0.25) is 0 Å². The number of aromatic nitrogens is 2. The van der Waals surface area contributed by atoms with Crippen LogP contribution in [0.15, 0.2) is 336 Å². The van der Waals surface area contributed by atoms with E-state index in [0.29, 0.717) is 0 Å². The van der Waals surface area contributed by atoms with Crippen molar-refractivity contribution in [3.8, 4) is 27.9 Å². The van der Waals surface area contributed by atoms with Crippen molar-refractivity contribution in [2.45, 2.75) is 18.5 Å². The number of nitrogens with zero attached hydrogens (tertiary/aromatic N) is 4. The lowest BCUT2D eigenvalue weighted by Crippen LogP contribution is -2.32. The van der Waals surface area contributed by atoms with Crippen molar-refractivity contribution in [2.75, 3.05) is 9.80 Å². The Hall–Kier alpha value is -10.4. The van der Waals surface area contributed by atoms with Gasteiger partial charge in [0.15, 0.2) is 0 Å². The number of hydrogen-bond donors (Lipinski definition) is 0. The Morgan fingerprint density at radius 3 is 1.77 bits per heavy atom. The summed E-state index contributed by atoms with van der Waals surface area (Å²) in [6.45, 7) is 29.2. The minimum atomic E-state index is -0.0567. The van der Waals surface area contributed by atoms with Crippen LogP contribution in [0.4, 0.5) is 17.1 Å². The van der Waals surface area contributed by atoms with E-state index in [-0.39, 0.29) is 18.0 Å². The number of hydrogen-bond acceptors (Lipinski definition) is 2. The summed E-state index contributed by atoms with van der Waals surface area (Å²) in [6.07, 6.45) is 29.5. The first-order valence-electron chi connectivity index (χ1n) is 28.0. The van der Waals surface area contributed by atoms with Crippen LogP contribution in [0.1, 0.15) is 12.0 Å². The number of benzene rings is 8. The van der Waals surface area contributed by atoms with E-state index in [1.165, 1.54) is 38.3 Å². The van der Waals surface area contributed by atoms with Gasteiger partial charge in [-0.25, -0.2) is 0 Å². The summed E-state index contributed by atoms with van der Waals surface area (Å²) < 4.78 is 4.66. The van der Waals surface area contributed by atoms with Crippen LogP contribution >= 0.6 is 0 Å². The molecule has 0 fully saturated rings. The van der Waals surface area contributed by atoms with Gasteiger partial charge in [0.05, 0.1) is 34.2 Å². The summed E-state index contributed by atoms with van der Waals surface area (Å²) >= 11 is 0. The predicted octanol–water partition coefficient (Wildman–Crippen LogP) is 20.5. The van der Waals surface area contributed by atoms with Crippen molar-refractivity contribution >= 4 is 71.9 Å². The van der Waals surface area contributed by atoms with Gasteiger partial charge in [-0.05, 0) is 154 Å². The van der Waals surface area contributed by atoms with E-state index in [9.17, 15) is 0 Å². The van der Waals surface area contributed by atoms with Gasteiger partial charge < -0.3 is 18.9 Å². The molecule has 0 N–H and O–H groups in total. The molecule has 82 heavy (non-hydrogen) atoms. The van der Waals surface area contributed by atoms with Gasteiger partial charge in [-0.15, -0.1) is 6.58 Å². The lowest BCUT2D eigenvalue weighted by molar-refractivity contribution is 0.687. The molecule has 0 bridgehead atoms. The largest absolute Gasteiger partial charge is 0.334 e. The van der Waals surface area contributed by atoms with E-state index in [4.69, 9.17) is 0 Å². The van der Waals surface area contributed by atoms with E-state index >= 15 is 0 Å². The first-order valence-corrected chi connectivity index (χ1v) is 28.0. The van der Waals surface area contributed by atoms with Crippen LogP contribution in [0.25, 0.3) is 82.8 Å². The summed E-state index contributed by atoms with van der Waals surface area (Å²) in [4.78, 5) is 4.78. The van der Waals surface area contributed by atoms with Gasteiger partial charge >= 0.3 is 0 Å². The van der Waals surface area contributed by atoms with E-state index in [1.54, 1.807) is 12.2 Å². The number of rotatable bonds is 19. The molecule has 12 rings (SSSR count). The number of fused-ring (bicyclic) bond motifs is 7.